The highest BCUT2D eigenvalue weighted by molar-refractivity contribution is 7.09. The van der Waals surface area contributed by atoms with Gasteiger partial charge in [-0.05, 0) is 26.2 Å². The molecule has 2 rings (SSSR count). The molecule has 3 N–H and O–H groups in total. The van der Waals surface area contributed by atoms with Gasteiger partial charge < -0.3 is 16.0 Å². The van der Waals surface area contributed by atoms with Crippen molar-refractivity contribution in [3.63, 3.8) is 0 Å². The molecule has 0 unspecified atom stereocenters. The minimum atomic E-state index is 0.184. The van der Waals surface area contributed by atoms with E-state index in [9.17, 15) is 4.79 Å². The van der Waals surface area contributed by atoms with Gasteiger partial charge in [-0.25, -0.2) is 4.98 Å². The van der Waals surface area contributed by atoms with Gasteiger partial charge in [0.25, 0.3) is 0 Å². The second-order valence-corrected chi connectivity index (χ2v) is 6.53. The number of hydrogen-bond acceptors (Lipinski definition) is 4. The first-order valence-corrected chi connectivity index (χ1v) is 9.34. The number of carbonyl (C=O) groups excluding carboxylic acids is 1. The Bertz CT molecular complexity index is 524. The van der Waals surface area contributed by atoms with Crippen LogP contribution in [0.2, 0.25) is 0 Å². The fourth-order valence-corrected chi connectivity index (χ4v) is 2.89. The van der Waals surface area contributed by atoms with Crippen LogP contribution in [0.15, 0.2) is 10.4 Å². The summed E-state index contributed by atoms with van der Waals surface area (Å²) in [5, 5.41) is 12.7. The average molecular weight is 337 g/mol. The monoisotopic (exact) mass is 337 g/mol. The Hall–Kier alpha value is -1.63. The van der Waals surface area contributed by atoms with E-state index in [2.05, 4.69) is 38.2 Å². The molecule has 1 aromatic heterocycles. The summed E-state index contributed by atoms with van der Waals surface area (Å²) < 4.78 is 0. The van der Waals surface area contributed by atoms with Gasteiger partial charge in [0.1, 0.15) is 0 Å². The summed E-state index contributed by atoms with van der Waals surface area (Å²) in [6.07, 6.45) is 3.93. The molecule has 128 valence electrons. The number of nitrogens with zero attached hydrogens (tertiary/aromatic N) is 2. The Morgan fingerprint density at radius 2 is 2.09 bits per heavy atom. The van der Waals surface area contributed by atoms with Gasteiger partial charge in [-0.15, -0.1) is 11.3 Å². The molecule has 7 heteroatoms. The Balaban J connectivity index is 1.67. The van der Waals surface area contributed by atoms with Crippen molar-refractivity contribution in [1.82, 2.24) is 20.9 Å². The zero-order chi connectivity index (χ0) is 16.5. The lowest BCUT2D eigenvalue weighted by Crippen LogP contribution is -2.41. The van der Waals surface area contributed by atoms with E-state index in [-0.39, 0.29) is 11.8 Å². The van der Waals surface area contributed by atoms with Crippen LogP contribution in [0.4, 0.5) is 0 Å². The molecule has 0 spiro atoms. The van der Waals surface area contributed by atoms with E-state index in [4.69, 9.17) is 0 Å². The van der Waals surface area contributed by atoms with E-state index in [1.807, 2.05) is 6.92 Å². The van der Waals surface area contributed by atoms with E-state index in [0.717, 1.165) is 43.9 Å². The van der Waals surface area contributed by atoms with Crippen molar-refractivity contribution >= 4 is 23.2 Å². The summed E-state index contributed by atoms with van der Waals surface area (Å²) in [6, 6.07) is 0. The van der Waals surface area contributed by atoms with Crippen LogP contribution in [-0.2, 0) is 17.6 Å². The standard InChI is InChI=1S/C16H27N5OS/c1-3-14-21-13(11-23-14)7-8-19-16(17-4-2)20-10-9-18-15(22)12-5-6-12/h11-12H,3-10H2,1-2H3,(H,18,22)(H2,17,19,20). The van der Waals surface area contributed by atoms with Crippen LogP contribution in [0.25, 0.3) is 0 Å². The number of carbonyl (C=O) groups is 1. The molecular weight excluding hydrogens is 310 g/mol. The molecule has 1 amide bonds. The maximum Gasteiger partial charge on any atom is 0.223 e. The van der Waals surface area contributed by atoms with E-state index < -0.39 is 0 Å². The van der Waals surface area contributed by atoms with Crippen molar-refractivity contribution in [3.05, 3.63) is 16.1 Å². The van der Waals surface area contributed by atoms with E-state index >= 15 is 0 Å². The molecule has 1 aliphatic carbocycles. The van der Waals surface area contributed by atoms with Gasteiger partial charge in [-0.3, -0.25) is 9.79 Å². The molecular formula is C16H27N5OS. The van der Waals surface area contributed by atoms with Crippen LogP contribution >= 0.6 is 11.3 Å². The Kier molecular flexibility index (Phi) is 7.32. The molecule has 1 aliphatic rings. The molecule has 1 saturated carbocycles. The summed E-state index contributed by atoms with van der Waals surface area (Å²) in [6.45, 7) is 7.00. The molecule has 0 aromatic carbocycles. The molecule has 0 atom stereocenters. The summed E-state index contributed by atoms with van der Waals surface area (Å²) in [5.74, 6) is 1.24. The van der Waals surface area contributed by atoms with Crippen LogP contribution in [0.1, 0.15) is 37.4 Å². The predicted molar refractivity (Wildman–Crippen MR) is 94.9 cm³/mol. The Labute approximate surface area is 142 Å². The second-order valence-electron chi connectivity index (χ2n) is 5.59. The molecule has 1 fully saturated rings. The van der Waals surface area contributed by atoms with E-state index in [0.29, 0.717) is 19.6 Å². The quantitative estimate of drug-likeness (QED) is 0.361. The van der Waals surface area contributed by atoms with Crippen LogP contribution in [0, 0.1) is 5.92 Å². The first-order valence-electron chi connectivity index (χ1n) is 8.46. The number of thiazole rings is 1. The van der Waals surface area contributed by atoms with E-state index in [1.54, 1.807) is 11.3 Å². The van der Waals surface area contributed by atoms with Gasteiger partial charge in [-0.2, -0.15) is 0 Å². The first-order chi connectivity index (χ1) is 11.2. The van der Waals surface area contributed by atoms with Crippen molar-refractivity contribution in [2.75, 3.05) is 26.2 Å². The molecule has 0 aliphatic heterocycles. The first kappa shape index (κ1) is 17.7. The smallest absolute Gasteiger partial charge is 0.223 e. The number of nitrogens with one attached hydrogen (secondary N) is 3. The Morgan fingerprint density at radius 1 is 1.30 bits per heavy atom. The summed E-state index contributed by atoms with van der Waals surface area (Å²) in [4.78, 5) is 20.6. The topological polar surface area (TPSA) is 78.4 Å². The van der Waals surface area contributed by atoms with Gasteiger partial charge in [0.2, 0.25) is 5.91 Å². The fourth-order valence-electron chi connectivity index (χ4n) is 2.11. The minimum Gasteiger partial charge on any atom is -0.357 e. The predicted octanol–water partition coefficient (Wildman–Crippen LogP) is 1.33. The van der Waals surface area contributed by atoms with Gasteiger partial charge in [0.05, 0.1) is 10.7 Å². The molecule has 0 bridgehead atoms. The summed E-state index contributed by atoms with van der Waals surface area (Å²) in [7, 11) is 0. The third-order valence-electron chi connectivity index (χ3n) is 3.55. The highest BCUT2D eigenvalue weighted by Gasteiger charge is 2.28. The minimum absolute atomic E-state index is 0.184. The molecule has 1 heterocycles. The normalized spacial score (nSPS) is 14.6. The zero-order valence-electron chi connectivity index (χ0n) is 14.0. The van der Waals surface area contributed by atoms with Gasteiger partial charge in [0.15, 0.2) is 5.96 Å². The lowest BCUT2D eigenvalue weighted by atomic mass is 10.3. The number of hydrogen-bond donors (Lipinski definition) is 3. The van der Waals surface area contributed by atoms with Crippen LogP contribution in [-0.4, -0.2) is 43.0 Å². The summed E-state index contributed by atoms with van der Waals surface area (Å²) in [5.41, 5.74) is 1.11. The van der Waals surface area contributed by atoms with Crippen LogP contribution in [0.5, 0.6) is 0 Å². The SMILES string of the molecule is CCNC(=NCCc1csc(CC)n1)NCCNC(=O)C1CC1. The number of guanidine groups is 1. The van der Waals surface area contributed by atoms with Crippen molar-refractivity contribution in [2.45, 2.75) is 39.5 Å². The maximum atomic E-state index is 11.5. The van der Waals surface area contributed by atoms with Crippen LogP contribution < -0.4 is 16.0 Å². The van der Waals surface area contributed by atoms with Crippen molar-refractivity contribution in [2.24, 2.45) is 10.9 Å². The molecule has 0 radical (unpaired) electrons. The second kappa shape index (κ2) is 9.50. The maximum absolute atomic E-state index is 11.5. The number of aliphatic imine (C=N–C) groups is 1. The molecule has 1 aromatic rings. The van der Waals surface area contributed by atoms with Gasteiger partial charge in [-0.1, -0.05) is 6.92 Å². The zero-order valence-corrected chi connectivity index (χ0v) is 14.8. The average Bonchev–Trinajstić information content (AvgIpc) is 3.31. The molecule has 6 nitrogen and oxygen atoms in total. The lowest BCUT2D eigenvalue weighted by molar-refractivity contribution is -0.122. The molecule has 23 heavy (non-hydrogen) atoms. The lowest BCUT2D eigenvalue weighted by Gasteiger charge is -2.11. The Morgan fingerprint density at radius 3 is 2.74 bits per heavy atom. The third-order valence-corrected chi connectivity index (χ3v) is 4.59. The van der Waals surface area contributed by atoms with Gasteiger partial charge in [0, 0.05) is 43.9 Å². The van der Waals surface area contributed by atoms with Crippen molar-refractivity contribution in [3.8, 4) is 0 Å². The largest absolute Gasteiger partial charge is 0.357 e. The fraction of sp³-hybridized carbons (Fsp3) is 0.688. The van der Waals surface area contributed by atoms with Crippen molar-refractivity contribution < 1.29 is 4.79 Å². The van der Waals surface area contributed by atoms with Crippen LogP contribution in [0.3, 0.4) is 0 Å². The summed E-state index contributed by atoms with van der Waals surface area (Å²) >= 11 is 1.71. The molecule has 0 saturated heterocycles. The highest BCUT2D eigenvalue weighted by atomic mass is 32.1. The number of amides is 1. The van der Waals surface area contributed by atoms with Gasteiger partial charge >= 0.3 is 0 Å². The van der Waals surface area contributed by atoms with E-state index in [1.165, 1.54) is 5.01 Å². The van der Waals surface area contributed by atoms with Crippen molar-refractivity contribution in [1.29, 1.82) is 0 Å². The number of aryl methyl sites for hydroxylation is 1. The highest BCUT2D eigenvalue weighted by Crippen LogP contribution is 2.28. The number of rotatable bonds is 9. The third kappa shape index (κ3) is 6.56. The number of aromatic nitrogens is 1.